The largest absolute Gasteiger partial charge is 0.483 e. The Kier molecular flexibility index (Phi) is 6.98. The monoisotopic (exact) mass is 411 g/mol. The van der Waals surface area contributed by atoms with Gasteiger partial charge in [0.25, 0.3) is 5.91 Å². The molecule has 2 fully saturated rings. The van der Waals surface area contributed by atoms with Crippen LogP contribution in [0.3, 0.4) is 0 Å². The zero-order valence-electron chi connectivity index (χ0n) is 18.6. The minimum atomic E-state index is -0.0147. The fraction of sp³-hybridized carbons (Fsp3) is 0.640. The van der Waals surface area contributed by atoms with Gasteiger partial charge in [0.1, 0.15) is 5.75 Å². The average Bonchev–Trinajstić information content (AvgIpc) is 3.18. The summed E-state index contributed by atoms with van der Waals surface area (Å²) in [5.41, 5.74) is 1.17. The maximum absolute atomic E-state index is 12.5. The van der Waals surface area contributed by atoms with Crippen LogP contribution in [-0.4, -0.2) is 47.7 Å². The molecule has 2 saturated heterocycles. The van der Waals surface area contributed by atoms with Crippen molar-refractivity contribution in [1.82, 2.24) is 14.8 Å². The summed E-state index contributed by atoms with van der Waals surface area (Å²) in [5, 5.41) is 4.23. The number of nitrogens with zero attached hydrogens (tertiary/aromatic N) is 2. The highest BCUT2D eigenvalue weighted by Gasteiger charge is 2.32. The van der Waals surface area contributed by atoms with E-state index in [1.54, 1.807) is 0 Å². The minimum absolute atomic E-state index is 0.0147. The number of amides is 1. The first-order valence-corrected chi connectivity index (χ1v) is 11.8. The summed E-state index contributed by atoms with van der Waals surface area (Å²) in [5.74, 6) is 2.04. The minimum Gasteiger partial charge on any atom is -0.483 e. The third-order valence-corrected chi connectivity index (χ3v) is 6.87. The maximum atomic E-state index is 12.5. The number of carbonyl (C=O) groups is 1. The molecule has 2 atom stereocenters. The Hall–Kier alpha value is -2.01. The first-order chi connectivity index (χ1) is 14.6. The molecule has 1 aromatic heterocycles. The highest BCUT2D eigenvalue weighted by molar-refractivity contribution is 5.87. The summed E-state index contributed by atoms with van der Waals surface area (Å²) in [7, 11) is 0. The van der Waals surface area contributed by atoms with Crippen LogP contribution in [-0.2, 0) is 11.3 Å². The number of rotatable bonds is 8. The molecule has 5 heteroatoms. The topological polar surface area (TPSA) is 46.5 Å². The van der Waals surface area contributed by atoms with Crippen molar-refractivity contribution < 1.29 is 9.53 Å². The molecule has 2 aliphatic heterocycles. The van der Waals surface area contributed by atoms with E-state index < -0.39 is 0 Å². The molecule has 4 rings (SSSR count). The van der Waals surface area contributed by atoms with E-state index in [1.165, 1.54) is 50.7 Å². The second-order valence-electron chi connectivity index (χ2n) is 9.47. The Morgan fingerprint density at radius 3 is 2.90 bits per heavy atom. The van der Waals surface area contributed by atoms with Gasteiger partial charge in [0, 0.05) is 30.7 Å². The van der Waals surface area contributed by atoms with E-state index in [-0.39, 0.29) is 12.5 Å². The smallest absolute Gasteiger partial charge is 0.257 e. The van der Waals surface area contributed by atoms with E-state index in [0.29, 0.717) is 17.9 Å². The number of ether oxygens (including phenoxy) is 1. The Morgan fingerprint density at radius 2 is 2.03 bits per heavy atom. The van der Waals surface area contributed by atoms with Gasteiger partial charge in [-0.2, -0.15) is 0 Å². The first kappa shape index (κ1) is 21.2. The number of benzene rings is 1. The second kappa shape index (κ2) is 9.86. The van der Waals surface area contributed by atoms with E-state index in [9.17, 15) is 4.79 Å². The zero-order valence-corrected chi connectivity index (χ0v) is 18.6. The highest BCUT2D eigenvalue weighted by Crippen LogP contribution is 2.30. The Morgan fingerprint density at radius 1 is 1.17 bits per heavy atom. The van der Waals surface area contributed by atoms with Gasteiger partial charge >= 0.3 is 0 Å². The normalized spacial score (nSPS) is 22.2. The van der Waals surface area contributed by atoms with E-state index >= 15 is 0 Å². The third kappa shape index (κ3) is 5.00. The van der Waals surface area contributed by atoms with E-state index in [2.05, 4.69) is 47.0 Å². The van der Waals surface area contributed by atoms with Crippen LogP contribution in [0.25, 0.3) is 10.9 Å². The lowest BCUT2D eigenvalue weighted by molar-refractivity contribution is -0.123. The van der Waals surface area contributed by atoms with Crippen molar-refractivity contribution >= 4 is 16.8 Å². The summed E-state index contributed by atoms with van der Waals surface area (Å²) in [6, 6.07) is 8.86. The quantitative estimate of drug-likeness (QED) is 0.698. The van der Waals surface area contributed by atoms with Gasteiger partial charge in [-0.05, 0) is 75.2 Å². The summed E-state index contributed by atoms with van der Waals surface area (Å²) in [6.45, 7) is 8.83. The lowest BCUT2D eigenvalue weighted by Crippen LogP contribution is -2.51. The molecule has 1 amide bonds. The number of piperidine rings is 2. The molecule has 0 unspecified atom stereocenters. The molecule has 3 heterocycles. The molecular formula is C25H37N3O2. The van der Waals surface area contributed by atoms with E-state index in [1.807, 2.05) is 12.1 Å². The van der Waals surface area contributed by atoms with Gasteiger partial charge in [0.05, 0.1) is 5.52 Å². The van der Waals surface area contributed by atoms with Crippen LogP contribution < -0.4 is 10.1 Å². The second-order valence-corrected chi connectivity index (χ2v) is 9.47. The summed E-state index contributed by atoms with van der Waals surface area (Å²) >= 11 is 0. The molecule has 0 spiro atoms. The average molecular weight is 412 g/mol. The number of hydrogen-bond acceptors (Lipinski definition) is 3. The Labute approximate surface area is 180 Å². The van der Waals surface area contributed by atoms with Crippen molar-refractivity contribution in [3.63, 3.8) is 0 Å². The lowest BCUT2D eigenvalue weighted by Gasteiger charge is -2.44. The maximum Gasteiger partial charge on any atom is 0.257 e. The lowest BCUT2D eigenvalue weighted by atomic mass is 9.83. The molecule has 1 N–H and O–H groups in total. The van der Waals surface area contributed by atoms with Crippen molar-refractivity contribution in [3.8, 4) is 5.75 Å². The van der Waals surface area contributed by atoms with Gasteiger partial charge in [-0.1, -0.05) is 26.3 Å². The van der Waals surface area contributed by atoms with E-state index in [0.717, 1.165) is 30.6 Å². The van der Waals surface area contributed by atoms with Crippen LogP contribution in [0.2, 0.25) is 0 Å². The molecular weight excluding hydrogens is 374 g/mol. The summed E-state index contributed by atoms with van der Waals surface area (Å²) in [4.78, 5) is 15.1. The van der Waals surface area contributed by atoms with Crippen molar-refractivity contribution in [1.29, 1.82) is 0 Å². The Bertz CT molecular complexity index is 842. The number of hydrogen-bond donors (Lipinski definition) is 1. The molecule has 0 saturated carbocycles. The van der Waals surface area contributed by atoms with Gasteiger partial charge in [-0.3, -0.25) is 4.79 Å². The first-order valence-electron chi connectivity index (χ1n) is 11.8. The van der Waals surface area contributed by atoms with Crippen molar-refractivity contribution in [2.45, 2.75) is 65.0 Å². The highest BCUT2D eigenvalue weighted by atomic mass is 16.5. The number of aromatic nitrogens is 1. The fourth-order valence-electron chi connectivity index (χ4n) is 5.17. The Balaban J connectivity index is 1.30. The fourth-order valence-corrected chi connectivity index (χ4v) is 5.17. The summed E-state index contributed by atoms with van der Waals surface area (Å²) < 4.78 is 8.21. The van der Waals surface area contributed by atoms with Crippen molar-refractivity contribution in [2.75, 3.05) is 26.2 Å². The number of aryl methyl sites for hydroxylation is 1. The molecule has 5 nitrogen and oxygen atoms in total. The van der Waals surface area contributed by atoms with E-state index in [4.69, 9.17) is 4.74 Å². The predicted octanol–water partition coefficient (Wildman–Crippen LogP) is 4.45. The molecule has 2 aromatic rings. The predicted molar refractivity (Wildman–Crippen MR) is 122 cm³/mol. The van der Waals surface area contributed by atoms with Crippen LogP contribution in [0.15, 0.2) is 30.5 Å². The standard InChI is InChI=1S/C25H37N3O2/c1-19(2)11-15-28-16-12-21-23(28)9-5-10-24(21)30-18-25(29)26-17-20-7-6-14-27-13-4-3-8-22(20)27/h5,9-10,12,16,19-20,22H,3-4,6-8,11,13-15,17-18H2,1-2H3,(H,26,29)/t20-,22+/m0/s1. The van der Waals surface area contributed by atoms with Crippen LogP contribution in [0.5, 0.6) is 5.75 Å². The van der Waals surface area contributed by atoms with Gasteiger partial charge < -0.3 is 19.5 Å². The molecule has 2 aliphatic rings. The van der Waals surface area contributed by atoms with Crippen LogP contribution >= 0.6 is 0 Å². The van der Waals surface area contributed by atoms with Gasteiger partial charge in [0.15, 0.2) is 6.61 Å². The number of fused-ring (bicyclic) bond motifs is 2. The molecule has 0 bridgehead atoms. The molecule has 1 aromatic carbocycles. The van der Waals surface area contributed by atoms with Gasteiger partial charge in [-0.25, -0.2) is 0 Å². The summed E-state index contributed by atoms with van der Waals surface area (Å²) in [6.07, 6.45) is 9.70. The number of nitrogens with one attached hydrogen (secondary N) is 1. The number of carbonyl (C=O) groups excluding carboxylic acids is 1. The van der Waals surface area contributed by atoms with Crippen LogP contribution in [0.4, 0.5) is 0 Å². The van der Waals surface area contributed by atoms with Crippen molar-refractivity contribution in [2.24, 2.45) is 11.8 Å². The van der Waals surface area contributed by atoms with Gasteiger partial charge in [-0.15, -0.1) is 0 Å². The molecule has 30 heavy (non-hydrogen) atoms. The SMILES string of the molecule is CC(C)CCn1ccc2c(OCC(=O)NC[C@@H]3CCCN4CCCC[C@H]34)cccc21. The van der Waals surface area contributed by atoms with Crippen molar-refractivity contribution in [3.05, 3.63) is 30.5 Å². The molecule has 0 radical (unpaired) electrons. The third-order valence-electron chi connectivity index (χ3n) is 6.87. The van der Waals surface area contributed by atoms with Crippen LogP contribution in [0, 0.1) is 11.8 Å². The van der Waals surface area contributed by atoms with Crippen LogP contribution in [0.1, 0.15) is 52.4 Å². The van der Waals surface area contributed by atoms with Gasteiger partial charge in [0.2, 0.25) is 0 Å². The zero-order chi connectivity index (χ0) is 20.9. The molecule has 164 valence electrons. The molecule has 0 aliphatic carbocycles.